The summed E-state index contributed by atoms with van der Waals surface area (Å²) in [5, 5.41) is 5.81. The van der Waals surface area contributed by atoms with E-state index in [-0.39, 0.29) is 11.9 Å². The van der Waals surface area contributed by atoms with E-state index in [9.17, 15) is 9.59 Å². The van der Waals surface area contributed by atoms with Gasteiger partial charge in [0.25, 0.3) is 0 Å². The summed E-state index contributed by atoms with van der Waals surface area (Å²) < 4.78 is 10.4. The van der Waals surface area contributed by atoms with Crippen LogP contribution in [0.15, 0.2) is 42.5 Å². The number of nitrogens with one attached hydrogen (secondary N) is 2. The van der Waals surface area contributed by atoms with Crippen molar-refractivity contribution in [3.63, 3.8) is 0 Å². The fourth-order valence-electron chi connectivity index (χ4n) is 3.78. The molecule has 1 spiro atoms. The molecule has 7 heteroatoms. The summed E-state index contributed by atoms with van der Waals surface area (Å²) in [6.07, 6.45) is 0.578. The molecule has 140 valence electrons. The highest BCUT2D eigenvalue weighted by atomic mass is 16.5. The van der Waals surface area contributed by atoms with Crippen LogP contribution in [0.4, 0.5) is 16.2 Å². The number of anilines is 2. The Hall–Kier alpha value is -3.22. The monoisotopic (exact) mass is 367 g/mol. The molecule has 0 aromatic heterocycles. The van der Waals surface area contributed by atoms with Crippen LogP contribution in [0.2, 0.25) is 0 Å². The minimum absolute atomic E-state index is 0.0644. The lowest BCUT2D eigenvalue weighted by Crippen LogP contribution is -2.40. The molecule has 2 aromatic rings. The van der Waals surface area contributed by atoms with E-state index in [0.29, 0.717) is 30.9 Å². The van der Waals surface area contributed by atoms with Gasteiger partial charge in [-0.3, -0.25) is 4.79 Å². The summed E-state index contributed by atoms with van der Waals surface area (Å²) in [6.45, 7) is 0.840. The zero-order valence-corrected chi connectivity index (χ0v) is 15.2. The molecule has 7 nitrogen and oxygen atoms in total. The minimum Gasteiger partial charge on any atom is -0.497 e. The second kappa shape index (κ2) is 6.50. The lowest BCUT2D eigenvalue weighted by molar-refractivity contribution is -0.120. The van der Waals surface area contributed by atoms with Crippen LogP contribution in [-0.2, 0) is 10.2 Å². The van der Waals surface area contributed by atoms with Gasteiger partial charge >= 0.3 is 6.03 Å². The van der Waals surface area contributed by atoms with Crippen LogP contribution in [0, 0.1) is 0 Å². The third-order valence-corrected chi connectivity index (χ3v) is 5.32. The lowest BCUT2D eigenvalue weighted by Gasteiger charge is -2.23. The summed E-state index contributed by atoms with van der Waals surface area (Å²) in [5.74, 6) is 1.36. The largest absolute Gasteiger partial charge is 0.497 e. The fraction of sp³-hybridized carbons (Fsp3) is 0.300. The summed E-state index contributed by atoms with van der Waals surface area (Å²) in [7, 11) is 3.19. The Morgan fingerprint density at radius 3 is 2.52 bits per heavy atom. The van der Waals surface area contributed by atoms with Gasteiger partial charge in [-0.25, -0.2) is 4.79 Å². The number of hydrogen-bond donors (Lipinski definition) is 2. The second-order valence-corrected chi connectivity index (χ2v) is 6.78. The molecule has 1 atom stereocenters. The molecule has 0 bridgehead atoms. The molecule has 2 N–H and O–H groups in total. The Morgan fingerprint density at radius 2 is 1.81 bits per heavy atom. The molecule has 0 saturated carbocycles. The van der Waals surface area contributed by atoms with Crippen molar-refractivity contribution in [2.45, 2.75) is 11.8 Å². The van der Waals surface area contributed by atoms with Gasteiger partial charge in [-0.1, -0.05) is 0 Å². The van der Waals surface area contributed by atoms with E-state index in [0.717, 1.165) is 17.0 Å². The number of amides is 3. The van der Waals surface area contributed by atoms with Crippen molar-refractivity contribution in [2.24, 2.45) is 0 Å². The molecular formula is C20H21N3O4. The van der Waals surface area contributed by atoms with Crippen LogP contribution in [0.25, 0.3) is 0 Å². The molecule has 2 aromatic carbocycles. The predicted molar refractivity (Wildman–Crippen MR) is 102 cm³/mol. The van der Waals surface area contributed by atoms with E-state index in [1.54, 1.807) is 43.4 Å². The summed E-state index contributed by atoms with van der Waals surface area (Å²) in [6, 6.07) is 12.5. The third-order valence-electron chi connectivity index (χ3n) is 5.32. The molecule has 1 fully saturated rings. The van der Waals surface area contributed by atoms with Crippen LogP contribution in [-0.4, -0.2) is 44.1 Å². The van der Waals surface area contributed by atoms with E-state index in [1.807, 2.05) is 18.2 Å². The van der Waals surface area contributed by atoms with Gasteiger partial charge in [0, 0.05) is 24.5 Å². The quantitative estimate of drug-likeness (QED) is 0.874. The summed E-state index contributed by atoms with van der Waals surface area (Å²) >= 11 is 0. The first-order valence-corrected chi connectivity index (χ1v) is 8.76. The summed E-state index contributed by atoms with van der Waals surface area (Å²) in [5.41, 5.74) is 1.64. The van der Waals surface area contributed by atoms with E-state index in [1.165, 1.54) is 0 Å². The normalized spacial score (nSPS) is 20.4. The molecule has 2 aliphatic heterocycles. The van der Waals surface area contributed by atoms with Gasteiger partial charge in [-0.05, 0) is 54.4 Å². The van der Waals surface area contributed by atoms with Crippen molar-refractivity contribution < 1.29 is 19.1 Å². The van der Waals surface area contributed by atoms with Gasteiger partial charge in [-0.15, -0.1) is 0 Å². The average Bonchev–Trinajstić information content (AvgIpc) is 3.26. The Morgan fingerprint density at radius 1 is 1.11 bits per heavy atom. The number of urea groups is 1. The highest BCUT2D eigenvalue weighted by molar-refractivity contribution is 6.07. The molecule has 3 amide bonds. The standard InChI is InChI=1S/C20H21N3O4/c1-26-14-5-3-13(4-6-14)21-19(25)23-10-9-20(12-23)16-11-15(27-2)7-8-17(16)22-18(20)24/h3-8,11H,9-10,12H2,1-2H3,(H,21,25)(H,22,24)/t20-/m0/s1. The van der Waals surface area contributed by atoms with Crippen LogP contribution >= 0.6 is 0 Å². The first-order valence-electron chi connectivity index (χ1n) is 8.76. The van der Waals surface area contributed by atoms with Crippen LogP contribution in [0.3, 0.4) is 0 Å². The zero-order valence-electron chi connectivity index (χ0n) is 15.2. The Labute approximate surface area is 157 Å². The SMILES string of the molecule is COc1ccc(NC(=O)N2CC[C@@]3(C2)C(=O)Nc2ccc(OC)cc23)cc1. The summed E-state index contributed by atoms with van der Waals surface area (Å²) in [4.78, 5) is 27.1. The molecule has 4 rings (SSSR count). The van der Waals surface area contributed by atoms with Crippen LogP contribution < -0.4 is 20.1 Å². The topological polar surface area (TPSA) is 79.9 Å². The minimum atomic E-state index is -0.721. The number of carbonyl (C=O) groups is 2. The van der Waals surface area contributed by atoms with Crippen LogP contribution in [0.1, 0.15) is 12.0 Å². The molecule has 0 radical (unpaired) electrons. The van der Waals surface area contributed by atoms with Crippen molar-refractivity contribution in [3.05, 3.63) is 48.0 Å². The number of ether oxygens (including phenoxy) is 2. The van der Waals surface area contributed by atoms with Crippen molar-refractivity contribution in [3.8, 4) is 11.5 Å². The zero-order chi connectivity index (χ0) is 19.0. The second-order valence-electron chi connectivity index (χ2n) is 6.78. The van der Waals surface area contributed by atoms with Gasteiger partial charge in [-0.2, -0.15) is 0 Å². The third kappa shape index (κ3) is 2.85. The van der Waals surface area contributed by atoms with Crippen molar-refractivity contribution in [2.75, 3.05) is 37.9 Å². The predicted octanol–water partition coefficient (Wildman–Crippen LogP) is 2.83. The highest BCUT2D eigenvalue weighted by Gasteiger charge is 2.52. The van der Waals surface area contributed by atoms with Crippen molar-refractivity contribution >= 4 is 23.3 Å². The molecule has 2 aliphatic rings. The Balaban J connectivity index is 1.53. The first kappa shape index (κ1) is 17.2. The van der Waals surface area contributed by atoms with Crippen molar-refractivity contribution in [1.29, 1.82) is 0 Å². The number of fused-ring (bicyclic) bond motifs is 2. The van der Waals surface area contributed by atoms with Crippen LogP contribution in [0.5, 0.6) is 11.5 Å². The van der Waals surface area contributed by atoms with E-state index >= 15 is 0 Å². The van der Waals surface area contributed by atoms with Gasteiger partial charge in [0.2, 0.25) is 5.91 Å². The molecule has 2 heterocycles. The van der Waals surface area contributed by atoms with Gasteiger partial charge in [0.15, 0.2) is 0 Å². The molecule has 1 saturated heterocycles. The van der Waals surface area contributed by atoms with Gasteiger partial charge < -0.3 is 25.0 Å². The van der Waals surface area contributed by atoms with E-state index in [2.05, 4.69) is 10.6 Å². The average molecular weight is 367 g/mol. The van der Waals surface area contributed by atoms with Gasteiger partial charge in [0.05, 0.1) is 19.6 Å². The number of methoxy groups -OCH3 is 2. The van der Waals surface area contributed by atoms with Gasteiger partial charge in [0.1, 0.15) is 11.5 Å². The molecule has 0 aliphatic carbocycles. The molecule has 0 unspecified atom stereocenters. The molecular weight excluding hydrogens is 346 g/mol. The maximum absolute atomic E-state index is 12.7. The number of rotatable bonds is 3. The number of hydrogen-bond acceptors (Lipinski definition) is 4. The maximum Gasteiger partial charge on any atom is 0.321 e. The smallest absolute Gasteiger partial charge is 0.321 e. The van der Waals surface area contributed by atoms with Crippen molar-refractivity contribution in [1.82, 2.24) is 4.90 Å². The first-order chi connectivity index (χ1) is 13.1. The number of benzene rings is 2. The highest BCUT2D eigenvalue weighted by Crippen LogP contribution is 2.45. The van der Waals surface area contributed by atoms with E-state index in [4.69, 9.17) is 9.47 Å². The van der Waals surface area contributed by atoms with E-state index < -0.39 is 5.41 Å². The lowest BCUT2D eigenvalue weighted by atomic mass is 9.81. The number of carbonyl (C=O) groups excluding carboxylic acids is 2. The molecule has 27 heavy (non-hydrogen) atoms. The maximum atomic E-state index is 12.7. The number of nitrogens with zero attached hydrogens (tertiary/aromatic N) is 1. The Kier molecular flexibility index (Phi) is 4.14. The fourth-order valence-corrected chi connectivity index (χ4v) is 3.78. The number of likely N-dealkylation sites (tertiary alicyclic amines) is 1. The Bertz CT molecular complexity index is 897.